The van der Waals surface area contributed by atoms with Crippen LogP contribution in [0.15, 0.2) is 12.1 Å². The van der Waals surface area contributed by atoms with Crippen molar-refractivity contribution in [1.82, 2.24) is 0 Å². The van der Waals surface area contributed by atoms with Gasteiger partial charge in [0.15, 0.2) is 0 Å². The molecule has 78 valence electrons. The Morgan fingerprint density at radius 3 is 2.71 bits per heavy atom. The highest BCUT2D eigenvalue weighted by Gasteiger charge is 2.16. The van der Waals surface area contributed by atoms with E-state index < -0.39 is 11.9 Å². The standard InChI is InChI=1S/C11H16FNO/c1-3-4-9(13)10-8(12)6-5-7(2)11(10)14/h5-6,9,14H,3-4,13H2,1-2H3. The molecule has 2 nitrogen and oxygen atoms in total. The van der Waals surface area contributed by atoms with Gasteiger partial charge in [-0.25, -0.2) is 4.39 Å². The van der Waals surface area contributed by atoms with E-state index in [-0.39, 0.29) is 11.3 Å². The number of phenolic OH excluding ortho intramolecular Hbond substituents is 1. The second-order valence-corrected chi connectivity index (χ2v) is 3.52. The van der Waals surface area contributed by atoms with Crippen LogP contribution in [0.1, 0.15) is 36.9 Å². The van der Waals surface area contributed by atoms with Crippen LogP contribution in [0.4, 0.5) is 4.39 Å². The maximum absolute atomic E-state index is 13.4. The summed E-state index contributed by atoms with van der Waals surface area (Å²) in [6.07, 6.45) is 1.54. The predicted octanol–water partition coefficient (Wildman–Crippen LogP) is 2.64. The Morgan fingerprint density at radius 1 is 1.50 bits per heavy atom. The van der Waals surface area contributed by atoms with Gasteiger partial charge in [0.25, 0.3) is 0 Å². The van der Waals surface area contributed by atoms with Crippen LogP contribution in [0, 0.1) is 12.7 Å². The molecule has 0 saturated heterocycles. The van der Waals surface area contributed by atoms with Crippen molar-refractivity contribution in [3.05, 3.63) is 29.1 Å². The van der Waals surface area contributed by atoms with Gasteiger partial charge >= 0.3 is 0 Å². The normalized spacial score (nSPS) is 12.9. The molecule has 14 heavy (non-hydrogen) atoms. The lowest BCUT2D eigenvalue weighted by molar-refractivity contribution is 0.440. The van der Waals surface area contributed by atoms with Crippen molar-refractivity contribution in [3.8, 4) is 5.75 Å². The third kappa shape index (κ3) is 2.04. The van der Waals surface area contributed by atoms with Gasteiger partial charge in [-0.1, -0.05) is 19.4 Å². The topological polar surface area (TPSA) is 46.2 Å². The zero-order valence-electron chi connectivity index (χ0n) is 8.55. The number of hydrogen-bond donors (Lipinski definition) is 2. The van der Waals surface area contributed by atoms with Crippen molar-refractivity contribution < 1.29 is 9.50 Å². The fourth-order valence-corrected chi connectivity index (χ4v) is 1.50. The zero-order chi connectivity index (χ0) is 10.7. The Balaban J connectivity index is 3.11. The first-order chi connectivity index (χ1) is 6.57. The van der Waals surface area contributed by atoms with Crippen molar-refractivity contribution >= 4 is 0 Å². The van der Waals surface area contributed by atoms with E-state index in [2.05, 4.69) is 0 Å². The number of halogens is 1. The minimum atomic E-state index is -0.422. The second-order valence-electron chi connectivity index (χ2n) is 3.52. The SMILES string of the molecule is CCCC(N)c1c(F)ccc(C)c1O. The number of aryl methyl sites for hydroxylation is 1. The highest BCUT2D eigenvalue weighted by Crippen LogP contribution is 2.30. The molecular formula is C11H16FNO. The highest BCUT2D eigenvalue weighted by atomic mass is 19.1. The van der Waals surface area contributed by atoms with Crippen LogP contribution >= 0.6 is 0 Å². The van der Waals surface area contributed by atoms with Gasteiger partial charge in [0.1, 0.15) is 11.6 Å². The zero-order valence-corrected chi connectivity index (χ0v) is 8.55. The molecule has 1 rings (SSSR count). The maximum atomic E-state index is 13.4. The quantitative estimate of drug-likeness (QED) is 0.782. The minimum Gasteiger partial charge on any atom is -0.507 e. The van der Waals surface area contributed by atoms with Crippen LogP contribution < -0.4 is 5.73 Å². The van der Waals surface area contributed by atoms with Gasteiger partial charge in [-0.15, -0.1) is 0 Å². The lowest BCUT2D eigenvalue weighted by Gasteiger charge is -2.14. The van der Waals surface area contributed by atoms with Gasteiger partial charge in [-0.05, 0) is 25.0 Å². The van der Waals surface area contributed by atoms with Crippen LogP contribution in [0.5, 0.6) is 5.75 Å². The number of aromatic hydroxyl groups is 1. The number of hydrogen-bond acceptors (Lipinski definition) is 2. The van der Waals surface area contributed by atoms with Gasteiger partial charge in [0, 0.05) is 11.6 Å². The van der Waals surface area contributed by atoms with Crippen LogP contribution in [-0.4, -0.2) is 5.11 Å². The molecule has 0 aliphatic carbocycles. The van der Waals surface area contributed by atoms with Crippen molar-refractivity contribution in [2.24, 2.45) is 5.73 Å². The molecule has 0 radical (unpaired) electrons. The summed E-state index contributed by atoms with van der Waals surface area (Å²) in [5.74, 6) is -0.431. The smallest absolute Gasteiger partial charge is 0.131 e. The van der Waals surface area contributed by atoms with Crippen molar-refractivity contribution in [1.29, 1.82) is 0 Å². The van der Waals surface area contributed by atoms with Gasteiger partial charge < -0.3 is 10.8 Å². The molecule has 1 aromatic rings. The van der Waals surface area contributed by atoms with Crippen LogP contribution in [0.3, 0.4) is 0 Å². The summed E-state index contributed by atoms with van der Waals surface area (Å²) in [6, 6.07) is 2.48. The third-order valence-corrected chi connectivity index (χ3v) is 2.34. The van der Waals surface area contributed by atoms with E-state index in [1.165, 1.54) is 6.07 Å². The fourth-order valence-electron chi connectivity index (χ4n) is 1.50. The average molecular weight is 197 g/mol. The highest BCUT2D eigenvalue weighted by molar-refractivity contribution is 5.42. The van der Waals surface area contributed by atoms with E-state index in [0.29, 0.717) is 12.0 Å². The summed E-state index contributed by atoms with van der Waals surface area (Å²) in [5.41, 5.74) is 6.68. The molecule has 0 aliphatic rings. The average Bonchev–Trinajstić information content (AvgIpc) is 2.13. The lowest BCUT2D eigenvalue weighted by Crippen LogP contribution is -2.12. The van der Waals surface area contributed by atoms with E-state index in [9.17, 15) is 9.50 Å². The molecule has 3 N–H and O–H groups in total. The van der Waals surface area contributed by atoms with Gasteiger partial charge in [0.2, 0.25) is 0 Å². The Kier molecular flexibility index (Phi) is 3.47. The molecular weight excluding hydrogens is 181 g/mol. The van der Waals surface area contributed by atoms with E-state index in [4.69, 9.17) is 5.73 Å². The summed E-state index contributed by atoms with van der Waals surface area (Å²) in [4.78, 5) is 0. The van der Waals surface area contributed by atoms with Crippen LogP contribution in [0.25, 0.3) is 0 Å². The molecule has 0 aromatic heterocycles. The monoisotopic (exact) mass is 197 g/mol. The molecule has 0 spiro atoms. The maximum Gasteiger partial charge on any atom is 0.131 e. The first kappa shape index (κ1) is 11.0. The van der Waals surface area contributed by atoms with Crippen LogP contribution in [-0.2, 0) is 0 Å². The summed E-state index contributed by atoms with van der Waals surface area (Å²) >= 11 is 0. The number of benzene rings is 1. The molecule has 1 atom stereocenters. The summed E-state index contributed by atoms with van der Waals surface area (Å²) in [5, 5.41) is 9.66. The molecule has 0 bridgehead atoms. The molecule has 0 aliphatic heterocycles. The molecule has 1 unspecified atom stereocenters. The Hall–Kier alpha value is -1.09. The molecule has 0 heterocycles. The van der Waals surface area contributed by atoms with E-state index in [0.717, 1.165) is 6.42 Å². The van der Waals surface area contributed by atoms with E-state index in [1.54, 1.807) is 13.0 Å². The summed E-state index contributed by atoms with van der Waals surface area (Å²) < 4.78 is 13.4. The van der Waals surface area contributed by atoms with Crippen LogP contribution in [0.2, 0.25) is 0 Å². The summed E-state index contributed by atoms with van der Waals surface area (Å²) in [7, 11) is 0. The van der Waals surface area contributed by atoms with E-state index >= 15 is 0 Å². The Labute approximate surface area is 83.6 Å². The second kappa shape index (κ2) is 4.42. The number of nitrogens with two attached hydrogens (primary N) is 1. The van der Waals surface area contributed by atoms with Gasteiger partial charge in [-0.3, -0.25) is 0 Å². The van der Waals surface area contributed by atoms with Gasteiger partial charge in [0.05, 0.1) is 0 Å². The molecule has 0 saturated carbocycles. The fraction of sp³-hybridized carbons (Fsp3) is 0.455. The summed E-state index contributed by atoms with van der Waals surface area (Å²) in [6.45, 7) is 3.71. The predicted molar refractivity (Wildman–Crippen MR) is 54.6 cm³/mol. The van der Waals surface area contributed by atoms with Crippen molar-refractivity contribution in [2.75, 3.05) is 0 Å². The first-order valence-electron chi connectivity index (χ1n) is 4.81. The molecule has 0 fully saturated rings. The van der Waals surface area contributed by atoms with Crippen molar-refractivity contribution in [2.45, 2.75) is 32.7 Å². The van der Waals surface area contributed by atoms with E-state index in [1.807, 2.05) is 6.92 Å². The first-order valence-corrected chi connectivity index (χ1v) is 4.81. The molecule has 0 amide bonds. The van der Waals surface area contributed by atoms with Gasteiger partial charge in [-0.2, -0.15) is 0 Å². The largest absolute Gasteiger partial charge is 0.507 e. The Bertz CT molecular complexity index is 325. The minimum absolute atomic E-state index is 0.00838. The number of phenols is 1. The Morgan fingerprint density at radius 2 is 2.14 bits per heavy atom. The third-order valence-electron chi connectivity index (χ3n) is 2.34. The molecule has 3 heteroatoms. The lowest BCUT2D eigenvalue weighted by atomic mass is 9.99. The molecule has 1 aromatic carbocycles. The number of rotatable bonds is 3. The van der Waals surface area contributed by atoms with Crippen molar-refractivity contribution in [3.63, 3.8) is 0 Å².